The first kappa shape index (κ1) is 19.1. The van der Waals surface area contributed by atoms with Crippen molar-refractivity contribution in [1.29, 1.82) is 0 Å². The second-order valence-electron chi connectivity index (χ2n) is 6.18. The maximum Gasteiger partial charge on any atom is 0.226 e. The minimum absolute atomic E-state index is 0.0138. The smallest absolute Gasteiger partial charge is 0.226 e. The molecule has 0 saturated carbocycles. The number of hydrogen-bond acceptors (Lipinski definition) is 5. The van der Waals surface area contributed by atoms with Crippen molar-refractivity contribution in [2.45, 2.75) is 12.6 Å². The van der Waals surface area contributed by atoms with Crippen molar-refractivity contribution >= 4 is 5.91 Å². The molecule has 6 nitrogen and oxygen atoms in total. The second-order valence-corrected chi connectivity index (χ2v) is 6.18. The van der Waals surface area contributed by atoms with Gasteiger partial charge in [-0.25, -0.2) is 14.2 Å². The first-order chi connectivity index (χ1) is 13.0. The van der Waals surface area contributed by atoms with Gasteiger partial charge in [0.1, 0.15) is 11.6 Å². The molecule has 0 aliphatic carbocycles. The lowest BCUT2D eigenvalue weighted by atomic mass is 9.93. The van der Waals surface area contributed by atoms with Crippen molar-refractivity contribution < 1.29 is 23.0 Å². The van der Waals surface area contributed by atoms with Gasteiger partial charge in [-0.05, 0) is 23.8 Å². The van der Waals surface area contributed by atoms with E-state index in [1.807, 2.05) is 12.1 Å². The molecule has 0 spiro atoms. The monoisotopic (exact) mass is 377 g/mol. The highest BCUT2D eigenvalue weighted by atomic mass is 19.1. The largest absolute Gasteiger partial charge is 0.493 e. The molecule has 0 radical (unpaired) electrons. The van der Waals surface area contributed by atoms with Crippen LogP contribution in [0.4, 0.5) is 8.78 Å². The van der Waals surface area contributed by atoms with E-state index in [-0.39, 0.29) is 24.1 Å². The third-order valence-corrected chi connectivity index (χ3v) is 4.55. The number of carbonyl (C=O) groups is 1. The topological polar surface area (TPSA) is 71.6 Å². The summed E-state index contributed by atoms with van der Waals surface area (Å²) in [6.45, 7) is 0.400. The van der Waals surface area contributed by atoms with E-state index < -0.39 is 17.6 Å². The number of ether oxygens (including phenoxy) is 2. The van der Waals surface area contributed by atoms with Crippen LogP contribution >= 0.6 is 0 Å². The van der Waals surface area contributed by atoms with E-state index in [0.29, 0.717) is 18.0 Å². The van der Waals surface area contributed by atoms with Crippen LogP contribution in [0.25, 0.3) is 0 Å². The van der Waals surface area contributed by atoms with Crippen molar-refractivity contribution in [2.24, 2.45) is 5.92 Å². The number of nitrogens with one attached hydrogen (secondary N) is 3. The molecule has 1 aliphatic rings. The molecule has 144 valence electrons. The van der Waals surface area contributed by atoms with Crippen LogP contribution < -0.4 is 25.6 Å². The molecule has 1 fully saturated rings. The van der Waals surface area contributed by atoms with E-state index in [4.69, 9.17) is 9.47 Å². The molecule has 1 heterocycles. The van der Waals surface area contributed by atoms with Crippen LogP contribution in [0.3, 0.4) is 0 Å². The van der Waals surface area contributed by atoms with Gasteiger partial charge in [0.05, 0.1) is 26.2 Å². The van der Waals surface area contributed by atoms with Crippen molar-refractivity contribution in [3.8, 4) is 11.5 Å². The van der Waals surface area contributed by atoms with Crippen molar-refractivity contribution in [3.05, 3.63) is 59.2 Å². The fourth-order valence-corrected chi connectivity index (χ4v) is 3.08. The predicted octanol–water partition coefficient (Wildman–Crippen LogP) is 2.06. The van der Waals surface area contributed by atoms with Crippen LogP contribution in [-0.2, 0) is 11.3 Å². The third-order valence-electron chi connectivity index (χ3n) is 4.55. The number of methoxy groups -OCH3 is 2. The Kier molecular flexibility index (Phi) is 5.88. The highest BCUT2D eigenvalue weighted by molar-refractivity contribution is 5.80. The van der Waals surface area contributed by atoms with E-state index in [9.17, 15) is 13.6 Å². The number of carbonyl (C=O) groups excluding carboxylic acids is 1. The molecular formula is C19H21F2N3O3. The summed E-state index contributed by atoms with van der Waals surface area (Å²) < 4.78 is 37.3. The van der Waals surface area contributed by atoms with Crippen LogP contribution in [-0.4, -0.2) is 26.7 Å². The summed E-state index contributed by atoms with van der Waals surface area (Å²) in [5.41, 5.74) is 7.14. The Morgan fingerprint density at radius 1 is 1.15 bits per heavy atom. The fourth-order valence-electron chi connectivity index (χ4n) is 3.08. The lowest BCUT2D eigenvalue weighted by Gasteiger charge is -2.20. The standard InChI is InChI=1S/C19H21F2N3O3/c1-26-16-6-4-11(7-17(16)27-2)18-14(10-23-24-18)19(25)22-9-12-3-5-13(20)8-15(12)21/h3-8,14,18,23-24H,9-10H2,1-2H3,(H,22,25). The summed E-state index contributed by atoms with van der Waals surface area (Å²) in [7, 11) is 3.10. The highest BCUT2D eigenvalue weighted by Gasteiger charge is 2.34. The Balaban J connectivity index is 1.71. The van der Waals surface area contributed by atoms with Crippen molar-refractivity contribution in [1.82, 2.24) is 16.2 Å². The fraction of sp³-hybridized carbons (Fsp3) is 0.316. The first-order valence-electron chi connectivity index (χ1n) is 8.45. The highest BCUT2D eigenvalue weighted by Crippen LogP contribution is 2.33. The van der Waals surface area contributed by atoms with Gasteiger partial charge in [-0.15, -0.1) is 0 Å². The molecule has 2 aromatic carbocycles. The molecule has 3 rings (SSSR count). The van der Waals surface area contributed by atoms with Gasteiger partial charge in [0.25, 0.3) is 0 Å². The molecular weight excluding hydrogens is 356 g/mol. The molecule has 1 saturated heterocycles. The Hall–Kier alpha value is -2.71. The van der Waals surface area contributed by atoms with E-state index in [2.05, 4.69) is 16.2 Å². The second kappa shape index (κ2) is 8.32. The maximum atomic E-state index is 13.7. The summed E-state index contributed by atoms with van der Waals surface area (Å²) in [4.78, 5) is 12.6. The number of halogens is 2. The third kappa shape index (κ3) is 4.17. The summed E-state index contributed by atoms with van der Waals surface area (Å²) >= 11 is 0. The van der Waals surface area contributed by atoms with Crippen LogP contribution in [0.1, 0.15) is 17.2 Å². The summed E-state index contributed by atoms with van der Waals surface area (Å²) in [6.07, 6.45) is 0. The zero-order valence-corrected chi connectivity index (χ0v) is 15.0. The van der Waals surface area contributed by atoms with E-state index in [0.717, 1.165) is 17.7 Å². The molecule has 0 bridgehead atoms. The van der Waals surface area contributed by atoms with Gasteiger partial charge in [-0.3, -0.25) is 10.2 Å². The van der Waals surface area contributed by atoms with Gasteiger partial charge in [0.2, 0.25) is 5.91 Å². The number of amides is 1. The maximum absolute atomic E-state index is 13.7. The lowest BCUT2D eigenvalue weighted by molar-refractivity contribution is -0.125. The molecule has 27 heavy (non-hydrogen) atoms. The Bertz CT molecular complexity index is 832. The molecule has 1 amide bonds. The van der Waals surface area contributed by atoms with Gasteiger partial charge in [-0.2, -0.15) is 0 Å². The van der Waals surface area contributed by atoms with Gasteiger partial charge < -0.3 is 14.8 Å². The van der Waals surface area contributed by atoms with Gasteiger partial charge in [-0.1, -0.05) is 12.1 Å². The van der Waals surface area contributed by atoms with Crippen molar-refractivity contribution in [2.75, 3.05) is 20.8 Å². The quantitative estimate of drug-likeness (QED) is 0.719. The average Bonchev–Trinajstić information content (AvgIpc) is 3.16. The molecule has 0 aromatic heterocycles. The summed E-state index contributed by atoms with van der Waals surface area (Å²) in [5.74, 6) is -0.825. The van der Waals surface area contributed by atoms with E-state index >= 15 is 0 Å². The zero-order chi connectivity index (χ0) is 19.4. The van der Waals surface area contributed by atoms with Gasteiger partial charge >= 0.3 is 0 Å². The van der Waals surface area contributed by atoms with Crippen LogP contribution in [0, 0.1) is 17.6 Å². The minimum Gasteiger partial charge on any atom is -0.493 e. The van der Waals surface area contributed by atoms with Gasteiger partial charge in [0, 0.05) is 24.7 Å². The molecule has 2 atom stereocenters. The summed E-state index contributed by atoms with van der Waals surface area (Å²) in [5, 5.41) is 2.71. The molecule has 1 aliphatic heterocycles. The van der Waals surface area contributed by atoms with Crippen LogP contribution in [0.5, 0.6) is 11.5 Å². The average molecular weight is 377 g/mol. The Labute approximate surface area is 155 Å². The van der Waals surface area contributed by atoms with Gasteiger partial charge in [0.15, 0.2) is 11.5 Å². The minimum atomic E-state index is -0.686. The lowest BCUT2D eigenvalue weighted by Crippen LogP contribution is -2.34. The molecule has 3 N–H and O–H groups in total. The predicted molar refractivity (Wildman–Crippen MR) is 95.1 cm³/mol. The molecule has 2 aromatic rings. The Morgan fingerprint density at radius 2 is 1.93 bits per heavy atom. The number of hydrogen-bond donors (Lipinski definition) is 3. The number of rotatable bonds is 6. The van der Waals surface area contributed by atoms with E-state index in [1.165, 1.54) is 6.07 Å². The summed E-state index contributed by atoms with van der Waals surface area (Å²) in [6, 6.07) is 8.43. The normalized spacial score (nSPS) is 19.0. The van der Waals surface area contributed by atoms with Crippen molar-refractivity contribution in [3.63, 3.8) is 0 Å². The molecule has 2 unspecified atom stereocenters. The first-order valence-corrected chi connectivity index (χ1v) is 8.45. The zero-order valence-electron chi connectivity index (χ0n) is 15.0. The SMILES string of the molecule is COc1ccc(C2NNCC2C(=O)NCc2ccc(F)cc2F)cc1OC. The Morgan fingerprint density at radius 3 is 2.63 bits per heavy atom. The van der Waals surface area contributed by atoms with E-state index in [1.54, 1.807) is 20.3 Å². The van der Waals surface area contributed by atoms with Crippen LogP contribution in [0.15, 0.2) is 36.4 Å². The van der Waals surface area contributed by atoms with Crippen LogP contribution in [0.2, 0.25) is 0 Å². The number of hydrazine groups is 1. The molecule has 8 heteroatoms. The number of benzene rings is 2.